The van der Waals surface area contributed by atoms with Gasteiger partial charge < -0.3 is 4.74 Å². The third kappa shape index (κ3) is 4.96. The molecule has 0 amide bonds. The topological polar surface area (TPSA) is 68.3 Å². The van der Waals surface area contributed by atoms with Gasteiger partial charge >= 0.3 is 0 Å². The molecule has 0 aliphatic heterocycles. The number of pyridine rings is 1. The number of nitrogens with zero attached hydrogens (tertiary/aromatic N) is 1. The van der Waals surface area contributed by atoms with E-state index in [4.69, 9.17) is 4.74 Å². The van der Waals surface area contributed by atoms with Crippen molar-refractivity contribution >= 4 is 27.9 Å². The molecular formula is C24H24N2O3S. The number of sulfonamides is 1. The first kappa shape index (κ1) is 21.3. The third-order valence-corrected chi connectivity index (χ3v) is 6.33. The number of aryl methyl sites for hydroxylation is 1. The van der Waals surface area contributed by atoms with Crippen LogP contribution >= 0.6 is 0 Å². The average molecular weight is 421 g/mol. The molecular weight excluding hydrogens is 396 g/mol. The number of anilines is 1. The molecule has 6 heteroatoms. The summed E-state index contributed by atoms with van der Waals surface area (Å²) in [7, 11) is -2.21. The van der Waals surface area contributed by atoms with E-state index in [0.717, 1.165) is 16.7 Å². The second-order valence-electron chi connectivity index (χ2n) is 6.73. The zero-order valence-electron chi connectivity index (χ0n) is 16.9. The molecule has 1 heterocycles. The molecule has 0 fully saturated rings. The van der Waals surface area contributed by atoms with Crippen molar-refractivity contribution in [2.45, 2.75) is 12.2 Å². The first-order chi connectivity index (χ1) is 14.4. The Bertz CT molecular complexity index is 1140. The Morgan fingerprint density at radius 1 is 1.03 bits per heavy atom. The Hall–Kier alpha value is -3.38. The van der Waals surface area contributed by atoms with Gasteiger partial charge in [-0.25, -0.2) is 8.42 Å². The highest BCUT2D eigenvalue weighted by Gasteiger charge is 2.25. The van der Waals surface area contributed by atoms with Crippen LogP contribution in [-0.2, 0) is 10.0 Å². The Morgan fingerprint density at radius 3 is 2.37 bits per heavy atom. The number of hydrogen-bond acceptors (Lipinski definition) is 4. The lowest BCUT2D eigenvalue weighted by Gasteiger charge is -2.19. The number of benzene rings is 2. The number of methoxy groups -OCH3 is 1. The molecule has 1 atom stereocenters. The number of para-hydroxylation sites is 1. The van der Waals surface area contributed by atoms with Crippen LogP contribution in [0, 0.1) is 6.92 Å². The minimum Gasteiger partial charge on any atom is -0.497 e. The molecule has 3 rings (SSSR count). The van der Waals surface area contributed by atoms with Crippen molar-refractivity contribution in [3.8, 4) is 5.75 Å². The van der Waals surface area contributed by atoms with Crippen LogP contribution in [0.25, 0.3) is 12.2 Å². The molecule has 0 radical (unpaired) electrons. The van der Waals surface area contributed by atoms with E-state index in [9.17, 15) is 8.42 Å². The summed E-state index contributed by atoms with van der Waals surface area (Å²) >= 11 is 0. The summed E-state index contributed by atoms with van der Waals surface area (Å²) in [5, 5.41) is -0.903. The number of nitrogens with one attached hydrogen (secondary N) is 1. The maximum Gasteiger partial charge on any atom is 0.243 e. The summed E-state index contributed by atoms with van der Waals surface area (Å²) in [6.45, 7) is 5.61. The van der Waals surface area contributed by atoms with Crippen LogP contribution < -0.4 is 9.46 Å². The van der Waals surface area contributed by atoms with Gasteiger partial charge in [-0.2, -0.15) is 0 Å². The van der Waals surface area contributed by atoms with E-state index in [1.807, 2.05) is 49.4 Å². The van der Waals surface area contributed by atoms with Crippen molar-refractivity contribution in [2.75, 3.05) is 11.8 Å². The van der Waals surface area contributed by atoms with E-state index in [-0.39, 0.29) is 0 Å². The van der Waals surface area contributed by atoms with Crippen molar-refractivity contribution in [1.82, 2.24) is 4.98 Å². The van der Waals surface area contributed by atoms with Crippen LogP contribution in [0.3, 0.4) is 0 Å². The van der Waals surface area contributed by atoms with Gasteiger partial charge in [0.15, 0.2) is 0 Å². The predicted molar refractivity (Wildman–Crippen MR) is 123 cm³/mol. The molecule has 0 spiro atoms. The summed E-state index contributed by atoms with van der Waals surface area (Å²) in [5.41, 5.74) is 3.73. The van der Waals surface area contributed by atoms with E-state index in [2.05, 4.69) is 16.3 Å². The van der Waals surface area contributed by atoms with Gasteiger partial charge in [-0.15, -0.1) is 6.58 Å². The first-order valence-corrected chi connectivity index (χ1v) is 10.9. The zero-order valence-corrected chi connectivity index (χ0v) is 17.8. The van der Waals surface area contributed by atoms with Crippen molar-refractivity contribution < 1.29 is 13.2 Å². The Labute approximate surface area is 177 Å². The van der Waals surface area contributed by atoms with E-state index < -0.39 is 15.3 Å². The summed E-state index contributed by atoms with van der Waals surface area (Å²) in [6.07, 6.45) is 8.65. The minimum absolute atomic E-state index is 0.545. The number of aromatic nitrogens is 1. The first-order valence-electron chi connectivity index (χ1n) is 9.40. The van der Waals surface area contributed by atoms with E-state index in [1.165, 1.54) is 6.08 Å². The maximum absolute atomic E-state index is 13.2. The van der Waals surface area contributed by atoms with Crippen molar-refractivity contribution in [3.05, 3.63) is 102 Å². The zero-order chi connectivity index (χ0) is 21.6. The molecule has 1 aromatic heterocycles. The summed E-state index contributed by atoms with van der Waals surface area (Å²) in [4.78, 5) is 4.01. The van der Waals surface area contributed by atoms with Gasteiger partial charge in [0.05, 0.1) is 12.8 Å². The molecule has 0 saturated carbocycles. The number of hydrogen-bond donors (Lipinski definition) is 1. The van der Waals surface area contributed by atoms with E-state index in [1.54, 1.807) is 43.8 Å². The van der Waals surface area contributed by atoms with Gasteiger partial charge in [0.25, 0.3) is 0 Å². The van der Waals surface area contributed by atoms with Gasteiger partial charge in [-0.05, 0) is 53.4 Å². The van der Waals surface area contributed by atoms with Crippen LogP contribution in [-0.4, -0.2) is 20.5 Å². The monoisotopic (exact) mass is 420 g/mol. The average Bonchev–Trinajstić information content (AvgIpc) is 2.75. The lowest BCUT2D eigenvalue weighted by molar-refractivity contribution is 0.414. The fourth-order valence-electron chi connectivity index (χ4n) is 3.07. The van der Waals surface area contributed by atoms with Gasteiger partial charge in [0, 0.05) is 12.4 Å². The Morgan fingerprint density at radius 2 is 1.73 bits per heavy atom. The lowest BCUT2D eigenvalue weighted by atomic mass is 10.1. The molecule has 2 aromatic carbocycles. The maximum atomic E-state index is 13.2. The predicted octanol–water partition coefficient (Wildman–Crippen LogP) is 5.24. The molecule has 1 unspecified atom stereocenters. The highest BCUT2D eigenvalue weighted by molar-refractivity contribution is 7.93. The second-order valence-corrected chi connectivity index (χ2v) is 8.53. The molecule has 154 valence electrons. The van der Waals surface area contributed by atoms with Crippen molar-refractivity contribution in [3.63, 3.8) is 0 Å². The minimum atomic E-state index is -3.78. The molecule has 5 nitrogen and oxygen atoms in total. The van der Waals surface area contributed by atoms with E-state index in [0.29, 0.717) is 17.0 Å². The third-order valence-electron chi connectivity index (χ3n) is 4.70. The molecule has 0 aliphatic rings. The van der Waals surface area contributed by atoms with Crippen LogP contribution in [0.2, 0.25) is 0 Å². The van der Waals surface area contributed by atoms with Gasteiger partial charge in [-0.1, -0.05) is 48.6 Å². The lowest BCUT2D eigenvalue weighted by Crippen LogP contribution is -2.21. The fraction of sp³-hybridized carbons (Fsp3) is 0.125. The van der Waals surface area contributed by atoms with Gasteiger partial charge in [0.2, 0.25) is 10.0 Å². The Kier molecular flexibility index (Phi) is 6.69. The molecule has 1 N–H and O–H groups in total. The van der Waals surface area contributed by atoms with E-state index >= 15 is 0 Å². The summed E-state index contributed by atoms with van der Waals surface area (Å²) in [6, 6.07) is 16.3. The Balaban J connectivity index is 1.93. The molecule has 30 heavy (non-hydrogen) atoms. The number of rotatable bonds is 8. The van der Waals surface area contributed by atoms with Crippen molar-refractivity contribution in [2.24, 2.45) is 0 Å². The second kappa shape index (κ2) is 9.41. The molecule has 0 saturated heterocycles. The highest BCUT2D eigenvalue weighted by Crippen LogP contribution is 2.30. The largest absolute Gasteiger partial charge is 0.497 e. The molecule has 0 bridgehead atoms. The summed E-state index contributed by atoms with van der Waals surface area (Å²) < 4.78 is 34.4. The molecule has 3 aromatic rings. The van der Waals surface area contributed by atoms with Crippen LogP contribution in [0.5, 0.6) is 5.75 Å². The summed E-state index contributed by atoms with van der Waals surface area (Å²) in [5.74, 6) is 0.661. The normalized spacial score (nSPS) is 12.5. The van der Waals surface area contributed by atoms with Crippen LogP contribution in [0.1, 0.15) is 27.5 Å². The fourth-order valence-corrected chi connectivity index (χ4v) is 4.53. The van der Waals surface area contributed by atoms with Gasteiger partial charge in [-0.3, -0.25) is 9.71 Å². The standard InChI is InChI=1S/C24H24N2O3S/c1-4-23(20-10-12-22(29-3)13-11-20)30(27,28)26-24-18(2)6-5-7-21(24)9-8-19-14-16-25-17-15-19/h4-17,23,26H,1H2,2-3H3. The number of ether oxygens (including phenoxy) is 1. The van der Waals surface area contributed by atoms with Gasteiger partial charge in [0.1, 0.15) is 11.0 Å². The smallest absolute Gasteiger partial charge is 0.243 e. The molecule has 0 aliphatic carbocycles. The highest BCUT2D eigenvalue weighted by atomic mass is 32.2. The SMILES string of the molecule is C=CC(c1ccc(OC)cc1)S(=O)(=O)Nc1c(C)cccc1C=Cc1ccncc1. The quantitative estimate of drug-likeness (QED) is 0.506. The van der Waals surface area contributed by atoms with Crippen LogP contribution in [0.4, 0.5) is 5.69 Å². The van der Waals surface area contributed by atoms with Crippen LogP contribution in [0.15, 0.2) is 79.6 Å². The van der Waals surface area contributed by atoms with Crippen molar-refractivity contribution in [1.29, 1.82) is 0 Å².